The van der Waals surface area contributed by atoms with Crippen LogP contribution in [-0.2, 0) is 9.59 Å². The molecule has 6 heteroatoms. The van der Waals surface area contributed by atoms with Crippen LogP contribution in [-0.4, -0.2) is 73.5 Å². The highest BCUT2D eigenvalue weighted by molar-refractivity contribution is 5.85. The van der Waals surface area contributed by atoms with Gasteiger partial charge in [0.05, 0.1) is 13.1 Å². The Morgan fingerprint density at radius 2 is 2.10 bits per heavy atom. The minimum Gasteiger partial charge on any atom is -0.352 e. The van der Waals surface area contributed by atoms with E-state index in [1.54, 1.807) is 11.9 Å². The first-order chi connectivity index (χ1) is 10.1. The third kappa shape index (κ3) is 3.95. The molecular formula is C15H26N4O2. The predicted molar refractivity (Wildman–Crippen MR) is 79.8 cm³/mol. The molecule has 1 saturated carbocycles. The van der Waals surface area contributed by atoms with E-state index in [1.807, 2.05) is 0 Å². The Balaban J connectivity index is 1.41. The topological polar surface area (TPSA) is 64.7 Å². The highest BCUT2D eigenvalue weighted by Gasteiger charge is 2.35. The molecule has 3 rings (SSSR count). The van der Waals surface area contributed by atoms with E-state index in [2.05, 4.69) is 15.5 Å². The maximum Gasteiger partial charge on any atom is 0.239 e. The van der Waals surface area contributed by atoms with Crippen LogP contribution in [0.4, 0.5) is 0 Å². The van der Waals surface area contributed by atoms with Gasteiger partial charge in [0, 0.05) is 32.2 Å². The predicted octanol–water partition coefficient (Wildman–Crippen LogP) is -0.593. The molecule has 118 valence electrons. The Bertz CT molecular complexity index is 396. The summed E-state index contributed by atoms with van der Waals surface area (Å²) < 4.78 is 0. The summed E-state index contributed by atoms with van der Waals surface area (Å²) in [5.41, 5.74) is 0. The van der Waals surface area contributed by atoms with Gasteiger partial charge in [-0.1, -0.05) is 0 Å². The van der Waals surface area contributed by atoms with E-state index in [4.69, 9.17) is 0 Å². The minimum absolute atomic E-state index is 0.0369. The van der Waals surface area contributed by atoms with Crippen LogP contribution in [0, 0.1) is 5.92 Å². The van der Waals surface area contributed by atoms with Gasteiger partial charge >= 0.3 is 0 Å². The van der Waals surface area contributed by atoms with E-state index in [0.717, 1.165) is 32.5 Å². The molecule has 0 aromatic carbocycles. The largest absolute Gasteiger partial charge is 0.352 e. The van der Waals surface area contributed by atoms with E-state index < -0.39 is 0 Å². The second-order valence-corrected chi connectivity index (χ2v) is 6.75. The molecule has 6 nitrogen and oxygen atoms in total. The molecule has 2 aliphatic heterocycles. The first-order valence-electron chi connectivity index (χ1n) is 8.11. The SMILES string of the molecule is CN(CC(=O)NC1CC1)C(=O)CN1C[C@@H]2CCCN[C@@H]2C1. The fourth-order valence-electron chi connectivity index (χ4n) is 3.38. The summed E-state index contributed by atoms with van der Waals surface area (Å²) in [6.45, 7) is 3.67. The zero-order valence-corrected chi connectivity index (χ0v) is 12.8. The van der Waals surface area contributed by atoms with E-state index in [1.165, 1.54) is 12.8 Å². The van der Waals surface area contributed by atoms with Crippen molar-refractivity contribution < 1.29 is 9.59 Å². The number of fused-ring (bicyclic) bond motifs is 1. The number of nitrogens with one attached hydrogen (secondary N) is 2. The fraction of sp³-hybridized carbons (Fsp3) is 0.867. The Hall–Kier alpha value is -1.14. The van der Waals surface area contributed by atoms with Gasteiger partial charge in [0.25, 0.3) is 0 Å². The third-order valence-electron chi connectivity index (χ3n) is 4.78. The molecular weight excluding hydrogens is 268 g/mol. The summed E-state index contributed by atoms with van der Waals surface area (Å²) in [5.74, 6) is 0.694. The lowest BCUT2D eigenvalue weighted by Crippen LogP contribution is -2.44. The van der Waals surface area contributed by atoms with Gasteiger partial charge in [0.15, 0.2) is 0 Å². The molecule has 0 aromatic heterocycles. The Kier molecular flexibility index (Phi) is 4.45. The maximum atomic E-state index is 12.2. The highest BCUT2D eigenvalue weighted by Crippen LogP contribution is 2.24. The van der Waals surface area contributed by atoms with Gasteiger partial charge in [-0.2, -0.15) is 0 Å². The number of nitrogens with zero attached hydrogens (tertiary/aromatic N) is 2. The molecule has 0 aromatic rings. The van der Waals surface area contributed by atoms with Crippen LogP contribution < -0.4 is 10.6 Å². The summed E-state index contributed by atoms with van der Waals surface area (Å²) in [6, 6.07) is 0.906. The Morgan fingerprint density at radius 3 is 2.81 bits per heavy atom. The summed E-state index contributed by atoms with van der Waals surface area (Å²) in [6.07, 6.45) is 4.66. The molecule has 21 heavy (non-hydrogen) atoms. The van der Waals surface area contributed by atoms with Gasteiger partial charge < -0.3 is 15.5 Å². The highest BCUT2D eigenvalue weighted by atomic mass is 16.2. The van der Waals surface area contributed by atoms with Crippen molar-refractivity contribution in [2.45, 2.75) is 37.8 Å². The smallest absolute Gasteiger partial charge is 0.239 e. The van der Waals surface area contributed by atoms with Crippen molar-refractivity contribution in [1.29, 1.82) is 0 Å². The average molecular weight is 294 g/mol. The van der Waals surface area contributed by atoms with Crippen LogP contribution in [0.2, 0.25) is 0 Å². The maximum absolute atomic E-state index is 12.2. The molecule has 0 unspecified atom stereocenters. The molecule has 2 amide bonds. The van der Waals surface area contributed by atoms with Gasteiger partial charge in [-0.25, -0.2) is 0 Å². The summed E-state index contributed by atoms with van der Waals surface area (Å²) in [5, 5.41) is 6.46. The fourth-order valence-corrected chi connectivity index (χ4v) is 3.38. The molecule has 2 N–H and O–H groups in total. The van der Waals surface area contributed by atoms with Crippen molar-refractivity contribution in [3.05, 3.63) is 0 Å². The van der Waals surface area contributed by atoms with Crippen LogP contribution in [0.5, 0.6) is 0 Å². The summed E-state index contributed by atoms with van der Waals surface area (Å²) in [4.78, 5) is 27.7. The normalized spacial score (nSPS) is 29.0. The Morgan fingerprint density at radius 1 is 1.29 bits per heavy atom. The van der Waals surface area contributed by atoms with Crippen molar-refractivity contribution in [3.63, 3.8) is 0 Å². The molecule has 2 heterocycles. The number of rotatable bonds is 5. The van der Waals surface area contributed by atoms with E-state index in [9.17, 15) is 9.59 Å². The van der Waals surface area contributed by atoms with Crippen LogP contribution in [0.25, 0.3) is 0 Å². The van der Waals surface area contributed by atoms with Crippen LogP contribution in [0.1, 0.15) is 25.7 Å². The van der Waals surface area contributed by atoms with E-state index in [-0.39, 0.29) is 18.4 Å². The number of likely N-dealkylation sites (tertiary alicyclic amines) is 1. The average Bonchev–Trinajstić information content (AvgIpc) is 3.15. The van der Waals surface area contributed by atoms with E-state index in [0.29, 0.717) is 24.5 Å². The number of piperidine rings is 1. The summed E-state index contributed by atoms with van der Waals surface area (Å²) in [7, 11) is 1.72. The van der Waals surface area contributed by atoms with E-state index >= 15 is 0 Å². The number of amides is 2. The first kappa shape index (κ1) is 14.8. The number of hydrogen-bond donors (Lipinski definition) is 2. The number of likely N-dealkylation sites (N-methyl/N-ethyl adjacent to an activating group) is 1. The van der Waals surface area contributed by atoms with Gasteiger partial charge in [0.2, 0.25) is 11.8 Å². The van der Waals surface area contributed by atoms with Crippen molar-refractivity contribution in [1.82, 2.24) is 20.4 Å². The summed E-state index contributed by atoms with van der Waals surface area (Å²) >= 11 is 0. The molecule has 0 bridgehead atoms. The van der Waals surface area contributed by atoms with Gasteiger partial charge in [-0.15, -0.1) is 0 Å². The second-order valence-electron chi connectivity index (χ2n) is 6.75. The minimum atomic E-state index is -0.0369. The lowest BCUT2D eigenvalue weighted by molar-refractivity contribution is -0.135. The van der Waals surface area contributed by atoms with Crippen molar-refractivity contribution >= 4 is 11.8 Å². The first-order valence-corrected chi connectivity index (χ1v) is 8.11. The van der Waals surface area contributed by atoms with Crippen molar-refractivity contribution in [3.8, 4) is 0 Å². The molecule has 3 fully saturated rings. The molecule has 1 aliphatic carbocycles. The van der Waals surface area contributed by atoms with Crippen LogP contribution >= 0.6 is 0 Å². The standard InChI is InChI=1S/C15H26N4O2/c1-18(9-14(20)17-12-4-5-12)15(21)10-19-7-11-3-2-6-16-13(11)8-19/h11-13,16H,2-10H2,1H3,(H,17,20)/t11-,13+/m0/s1. The van der Waals surface area contributed by atoms with Crippen molar-refractivity contribution in [2.75, 3.05) is 39.8 Å². The van der Waals surface area contributed by atoms with Gasteiger partial charge in [-0.3, -0.25) is 14.5 Å². The lowest BCUT2D eigenvalue weighted by atomic mass is 9.94. The van der Waals surface area contributed by atoms with Gasteiger partial charge in [-0.05, 0) is 38.1 Å². The van der Waals surface area contributed by atoms with Crippen LogP contribution in [0.3, 0.4) is 0 Å². The third-order valence-corrected chi connectivity index (χ3v) is 4.78. The lowest BCUT2D eigenvalue weighted by Gasteiger charge is -2.24. The zero-order chi connectivity index (χ0) is 14.8. The molecule has 3 aliphatic rings. The molecule has 0 spiro atoms. The quantitative estimate of drug-likeness (QED) is 0.711. The monoisotopic (exact) mass is 294 g/mol. The molecule has 2 atom stereocenters. The number of hydrogen-bond acceptors (Lipinski definition) is 4. The van der Waals surface area contributed by atoms with Crippen LogP contribution in [0.15, 0.2) is 0 Å². The molecule has 0 radical (unpaired) electrons. The van der Waals surface area contributed by atoms with Crippen molar-refractivity contribution in [2.24, 2.45) is 5.92 Å². The molecule has 2 saturated heterocycles. The van der Waals surface area contributed by atoms with Gasteiger partial charge in [0.1, 0.15) is 0 Å². The Labute approximate surface area is 126 Å². The second kappa shape index (κ2) is 6.32. The number of carbonyl (C=O) groups excluding carboxylic acids is 2. The number of carbonyl (C=O) groups is 2. The zero-order valence-electron chi connectivity index (χ0n) is 12.8.